The maximum Gasteiger partial charge on any atom is 0.243 e. The molecule has 0 saturated carbocycles. The van der Waals surface area contributed by atoms with Crippen LogP contribution in [-0.2, 0) is 52.2 Å². The Bertz CT molecular complexity index is 1470. The average Bonchev–Trinajstić information content (AvgIpc) is 2.96. The highest BCUT2D eigenvalue weighted by molar-refractivity contribution is 7.92. The fourth-order valence-corrected chi connectivity index (χ4v) is 10.9. The molecule has 10 nitrogen and oxygen atoms in total. The van der Waals surface area contributed by atoms with E-state index in [0.717, 1.165) is 0 Å². The van der Waals surface area contributed by atoms with E-state index in [4.69, 9.17) is 9.47 Å². The molecule has 0 aromatic heterocycles. The third-order valence-corrected chi connectivity index (χ3v) is 12.9. The number of hydrogen-bond donors (Lipinski definition) is 0. The van der Waals surface area contributed by atoms with Gasteiger partial charge in [-0.05, 0) is 75.9 Å². The van der Waals surface area contributed by atoms with Gasteiger partial charge in [0.1, 0.15) is 0 Å². The van der Waals surface area contributed by atoms with E-state index in [1.807, 2.05) is 0 Å². The zero-order valence-corrected chi connectivity index (χ0v) is 24.9. The molecule has 2 aromatic carbocycles. The molecule has 5 rings (SSSR count). The molecule has 0 spiro atoms. The van der Waals surface area contributed by atoms with Crippen molar-refractivity contribution in [1.29, 1.82) is 0 Å². The molecule has 3 aliphatic heterocycles. The van der Waals surface area contributed by atoms with Gasteiger partial charge >= 0.3 is 0 Å². The molecule has 0 N–H and O–H groups in total. The Morgan fingerprint density at radius 2 is 0.974 bits per heavy atom. The van der Waals surface area contributed by atoms with E-state index in [-0.39, 0.29) is 70.2 Å². The van der Waals surface area contributed by atoms with Crippen molar-refractivity contribution < 1.29 is 34.7 Å². The lowest BCUT2D eigenvalue weighted by atomic mass is 10.0. The van der Waals surface area contributed by atoms with E-state index >= 15 is 0 Å². The Kier molecular flexibility index (Phi) is 7.49. The van der Waals surface area contributed by atoms with Crippen molar-refractivity contribution in [3.8, 4) is 0 Å². The third-order valence-electron chi connectivity index (χ3n) is 7.37. The Morgan fingerprint density at radius 1 is 0.641 bits per heavy atom. The molecule has 2 fully saturated rings. The molecule has 0 bridgehead atoms. The minimum absolute atomic E-state index is 0.111. The molecule has 13 heteroatoms. The first-order chi connectivity index (χ1) is 18.2. The van der Waals surface area contributed by atoms with Gasteiger partial charge in [-0.3, -0.25) is 0 Å². The number of fused-ring (bicyclic) bond motifs is 2. The van der Waals surface area contributed by atoms with Gasteiger partial charge in [-0.15, -0.1) is 0 Å². The van der Waals surface area contributed by atoms with Crippen molar-refractivity contribution in [2.75, 3.05) is 26.2 Å². The number of morpholine rings is 2. The van der Waals surface area contributed by atoms with Crippen molar-refractivity contribution in [3.05, 3.63) is 47.5 Å². The van der Waals surface area contributed by atoms with Crippen LogP contribution in [0.1, 0.15) is 38.8 Å². The van der Waals surface area contributed by atoms with E-state index in [1.54, 1.807) is 39.8 Å². The van der Waals surface area contributed by atoms with Gasteiger partial charge in [-0.2, -0.15) is 8.61 Å². The monoisotopic (exact) mass is 598 g/mol. The molecular weight excluding hydrogens is 564 g/mol. The summed E-state index contributed by atoms with van der Waals surface area (Å²) in [4.78, 5) is -0.455. The number of hydrogen-bond acceptors (Lipinski definition) is 8. The van der Waals surface area contributed by atoms with Gasteiger partial charge in [0.2, 0.25) is 29.9 Å². The predicted octanol–water partition coefficient (Wildman–Crippen LogP) is 2.21. The lowest BCUT2D eigenvalue weighted by Gasteiger charge is -2.34. The van der Waals surface area contributed by atoms with Gasteiger partial charge < -0.3 is 9.47 Å². The Morgan fingerprint density at radius 3 is 1.31 bits per heavy atom. The Labute approximate surface area is 230 Å². The van der Waals surface area contributed by atoms with Crippen LogP contribution in [0.5, 0.6) is 0 Å². The fourth-order valence-electron chi connectivity index (χ4n) is 5.64. The van der Waals surface area contributed by atoms with Crippen LogP contribution in [0.2, 0.25) is 0 Å². The van der Waals surface area contributed by atoms with Crippen LogP contribution in [0.25, 0.3) is 0 Å². The maximum atomic E-state index is 14.0. The van der Waals surface area contributed by atoms with E-state index in [9.17, 15) is 25.3 Å². The highest BCUT2D eigenvalue weighted by Crippen LogP contribution is 2.36. The summed E-state index contributed by atoms with van der Waals surface area (Å²) in [6.07, 6.45) is -0.429. The molecule has 2 aromatic rings. The first-order valence-corrected chi connectivity index (χ1v) is 17.4. The van der Waals surface area contributed by atoms with Crippen LogP contribution in [0.4, 0.5) is 0 Å². The van der Waals surface area contributed by atoms with Crippen molar-refractivity contribution in [2.24, 2.45) is 0 Å². The summed E-state index contributed by atoms with van der Waals surface area (Å²) in [5.74, 6) is 0. The summed E-state index contributed by atoms with van der Waals surface area (Å²) in [7, 11) is -12.2. The van der Waals surface area contributed by atoms with Crippen LogP contribution in [-0.4, -0.2) is 84.5 Å². The number of nitrogens with zero attached hydrogens (tertiary/aromatic N) is 2. The van der Waals surface area contributed by atoms with Crippen LogP contribution >= 0.6 is 0 Å². The number of rotatable bonds is 4. The quantitative estimate of drug-likeness (QED) is 0.524. The van der Waals surface area contributed by atoms with E-state index in [1.165, 1.54) is 32.9 Å². The van der Waals surface area contributed by atoms with Crippen molar-refractivity contribution in [1.82, 2.24) is 8.61 Å². The fraction of sp³-hybridized carbons (Fsp3) is 0.538. The molecule has 0 aliphatic carbocycles. The molecular formula is C26H34N2O8S3. The lowest BCUT2D eigenvalue weighted by molar-refractivity contribution is -0.0442. The van der Waals surface area contributed by atoms with Gasteiger partial charge in [-0.25, -0.2) is 25.3 Å². The molecule has 0 radical (unpaired) electrons. The second-order valence-electron chi connectivity index (χ2n) is 10.7. The van der Waals surface area contributed by atoms with Gasteiger partial charge in [0, 0.05) is 26.2 Å². The van der Waals surface area contributed by atoms with Crippen LogP contribution in [0.3, 0.4) is 0 Å². The average molecular weight is 599 g/mol. The summed E-state index contributed by atoms with van der Waals surface area (Å²) < 4.78 is 95.9. The molecule has 214 valence electrons. The third kappa shape index (κ3) is 5.30. The zero-order chi connectivity index (χ0) is 28.3. The summed E-state index contributed by atoms with van der Waals surface area (Å²) in [6.45, 7) is 7.83. The van der Waals surface area contributed by atoms with Crippen molar-refractivity contribution in [3.63, 3.8) is 0 Å². The molecule has 39 heavy (non-hydrogen) atoms. The number of ether oxygens (including phenoxy) is 2. The summed E-state index contributed by atoms with van der Waals surface area (Å²) in [5, 5.41) is 0. The molecule has 2 saturated heterocycles. The number of benzene rings is 2. The van der Waals surface area contributed by atoms with E-state index < -0.39 is 29.9 Å². The van der Waals surface area contributed by atoms with Gasteiger partial charge in [0.15, 0.2) is 0 Å². The van der Waals surface area contributed by atoms with Crippen LogP contribution in [0.15, 0.2) is 56.0 Å². The van der Waals surface area contributed by atoms with E-state index in [2.05, 4.69) is 0 Å². The van der Waals surface area contributed by atoms with Crippen LogP contribution in [0, 0.1) is 0 Å². The first-order valence-electron chi connectivity index (χ1n) is 13.0. The van der Waals surface area contributed by atoms with E-state index in [0.29, 0.717) is 24.0 Å². The van der Waals surface area contributed by atoms with Crippen molar-refractivity contribution >= 4 is 29.9 Å². The summed E-state index contributed by atoms with van der Waals surface area (Å²) >= 11 is 0. The highest BCUT2D eigenvalue weighted by Gasteiger charge is 2.37. The molecule has 0 amide bonds. The lowest BCUT2D eigenvalue weighted by Crippen LogP contribution is -2.48. The number of sulfone groups is 1. The second kappa shape index (κ2) is 10.2. The Hall–Kier alpha value is -1.87. The number of aryl methyl sites for hydroxylation is 2. The predicted molar refractivity (Wildman–Crippen MR) is 143 cm³/mol. The molecule has 3 aliphatic rings. The normalized spacial score (nSPS) is 28.3. The zero-order valence-electron chi connectivity index (χ0n) is 22.4. The van der Waals surface area contributed by atoms with Crippen LogP contribution < -0.4 is 0 Å². The minimum Gasteiger partial charge on any atom is -0.373 e. The van der Waals surface area contributed by atoms with Gasteiger partial charge in [0.05, 0.1) is 44.0 Å². The SMILES string of the molecule is C[C@@H]1CN(S(=O)(=O)c2ccc3c(c2)S(=O)(=O)c2cc(S(=O)(=O)N4C[C@@H](C)O[C@@H](C)C4)ccc2CC3)C[C@@H](C)O1. The van der Waals surface area contributed by atoms with Crippen molar-refractivity contribution in [2.45, 2.75) is 84.5 Å². The molecule has 4 atom stereocenters. The molecule has 3 heterocycles. The molecule has 0 unspecified atom stereocenters. The smallest absolute Gasteiger partial charge is 0.243 e. The largest absolute Gasteiger partial charge is 0.373 e. The summed E-state index contributed by atoms with van der Waals surface area (Å²) in [5.41, 5.74) is 0.989. The van der Waals surface area contributed by atoms with Gasteiger partial charge in [0.25, 0.3) is 0 Å². The topological polar surface area (TPSA) is 127 Å². The van der Waals surface area contributed by atoms with Gasteiger partial charge in [-0.1, -0.05) is 12.1 Å². The summed E-state index contributed by atoms with van der Waals surface area (Å²) in [6, 6.07) is 8.42. The Balaban J connectivity index is 1.55. The number of sulfonamides is 2. The standard InChI is InChI=1S/C26H34N2O8S3/c1-17-13-27(14-18(2)35-17)38(31,32)23-9-7-21-5-6-22-8-10-24(12-26(22)37(29,30)25(21)11-23)39(33,34)28-15-19(3)36-20(4)16-28/h7-12,17-20H,5-6,13-16H2,1-4H3/t17-,18-,19-,20+/m1/s1. The minimum atomic E-state index is -4.22. The highest BCUT2D eigenvalue weighted by atomic mass is 32.2. The maximum absolute atomic E-state index is 14.0. The second-order valence-corrected chi connectivity index (χ2v) is 16.5. The first kappa shape index (κ1) is 28.7.